The highest BCUT2D eigenvalue weighted by molar-refractivity contribution is 6.45. The van der Waals surface area contributed by atoms with Crippen LogP contribution in [0.1, 0.15) is 33.1 Å². The van der Waals surface area contributed by atoms with Gasteiger partial charge in [-0.2, -0.15) is 0 Å². The number of nitrogens with one attached hydrogen (secondary N) is 1. The lowest BCUT2D eigenvalue weighted by Crippen LogP contribution is -2.47. The summed E-state index contributed by atoms with van der Waals surface area (Å²) in [7, 11) is -0.280. The van der Waals surface area contributed by atoms with Crippen molar-refractivity contribution in [3.05, 3.63) is 12.3 Å². The Hall–Kier alpha value is -0.475. The van der Waals surface area contributed by atoms with Crippen LogP contribution in [0.2, 0.25) is 6.82 Å². The van der Waals surface area contributed by atoms with Crippen molar-refractivity contribution < 1.29 is 5.02 Å². The molecule has 0 aromatic carbocycles. The maximum atomic E-state index is 9.46. The van der Waals surface area contributed by atoms with E-state index in [1.807, 2.05) is 20.7 Å². The van der Waals surface area contributed by atoms with Crippen LogP contribution < -0.4 is 5.32 Å². The van der Waals surface area contributed by atoms with E-state index >= 15 is 0 Å². The summed E-state index contributed by atoms with van der Waals surface area (Å²) < 4.78 is 0. The van der Waals surface area contributed by atoms with Crippen molar-refractivity contribution in [3.63, 3.8) is 0 Å². The lowest BCUT2D eigenvalue weighted by atomic mass is 9.71. The van der Waals surface area contributed by atoms with E-state index in [0.717, 1.165) is 19.6 Å². The molecule has 4 heteroatoms. The van der Waals surface area contributed by atoms with E-state index in [9.17, 15) is 5.02 Å². The molecule has 0 bridgehead atoms. The van der Waals surface area contributed by atoms with Crippen LogP contribution in [0.3, 0.4) is 0 Å². The number of allylic oxidation sites excluding steroid dienone is 1. The minimum absolute atomic E-state index is 0.280. The van der Waals surface area contributed by atoms with Crippen LogP contribution in [0.4, 0.5) is 0 Å². The average Bonchev–Trinajstić information content (AvgIpc) is 2.33. The van der Waals surface area contributed by atoms with E-state index in [1.54, 1.807) is 0 Å². The Morgan fingerprint density at radius 1 is 1.25 bits per heavy atom. The first-order chi connectivity index (χ1) is 7.72. The van der Waals surface area contributed by atoms with Gasteiger partial charge in [-0.25, -0.2) is 0 Å². The summed E-state index contributed by atoms with van der Waals surface area (Å²) in [6, 6.07) is 0. The smallest absolute Gasteiger partial charge is 0.376 e. The number of rotatable bonds is 1. The van der Waals surface area contributed by atoms with Crippen LogP contribution in [-0.4, -0.2) is 36.5 Å². The van der Waals surface area contributed by atoms with Crippen LogP contribution in [0.15, 0.2) is 12.3 Å². The number of hydrogen-bond acceptors (Lipinski definition) is 3. The Bertz CT molecular complexity index is 223. The van der Waals surface area contributed by atoms with E-state index in [-0.39, 0.29) is 7.05 Å². The number of hydrogen-bond donors (Lipinski definition) is 2. The lowest BCUT2D eigenvalue weighted by molar-refractivity contribution is 0.174. The van der Waals surface area contributed by atoms with Crippen LogP contribution in [0, 0.1) is 5.41 Å². The van der Waals surface area contributed by atoms with Crippen molar-refractivity contribution in [2.75, 3.05) is 19.6 Å². The SMILES string of the molecule is CB(O)N1CCC2(C=CNCC2)CC1.CC. The largest absolute Gasteiger partial charge is 0.437 e. The van der Waals surface area contributed by atoms with Crippen LogP contribution in [0.5, 0.6) is 0 Å². The Morgan fingerprint density at radius 2 is 1.88 bits per heavy atom. The van der Waals surface area contributed by atoms with Crippen LogP contribution >= 0.6 is 0 Å². The summed E-state index contributed by atoms with van der Waals surface area (Å²) in [5, 5.41) is 12.7. The quantitative estimate of drug-likeness (QED) is 0.665. The molecule has 2 aliphatic rings. The molecule has 0 amide bonds. The Balaban J connectivity index is 0.000000606. The van der Waals surface area contributed by atoms with Gasteiger partial charge in [-0.05, 0) is 50.8 Å². The van der Waals surface area contributed by atoms with E-state index in [2.05, 4.69) is 22.4 Å². The molecule has 92 valence electrons. The second-order valence-electron chi connectivity index (χ2n) is 4.57. The fourth-order valence-corrected chi connectivity index (χ4v) is 2.48. The normalized spacial score (nSPS) is 23.2. The Morgan fingerprint density at radius 3 is 2.31 bits per heavy atom. The third-order valence-electron chi connectivity index (χ3n) is 3.64. The molecule has 0 atom stereocenters. The van der Waals surface area contributed by atoms with Gasteiger partial charge in [0.1, 0.15) is 0 Å². The zero-order valence-electron chi connectivity index (χ0n) is 10.9. The summed E-state index contributed by atoms with van der Waals surface area (Å²) in [5.74, 6) is 0. The van der Waals surface area contributed by atoms with Gasteiger partial charge in [0.15, 0.2) is 0 Å². The third kappa shape index (κ3) is 3.26. The molecule has 3 nitrogen and oxygen atoms in total. The van der Waals surface area contributed by atoms with Gasteiger partial charge in [-0.1, -0.05) is 19.9 Å². The second kappa shape index (κ2) is 6.31. The van der Waals surface area contributed by atoms with Crippen molar-refractivity contribution in [3.8, 4) is 0 Å². The summed E-state index contributed by atoms with van der Waals surface area (Å²) in [6.07, 6.45) is 8.06. The average molecular weight is 224 g/mol. The molecule has 0 unspecified atom stereocenters. The van der Waals surface area contributed by atoms with E-state index in [1.165, 1.54) is 19.3 Å². The minimum Gasteiger partial charge on any atom is -0.437 e. The fourth-order valence-electron chi connectivity index (χ4n) is 2.48. The highest BCUT2D eigenvalue weighted by Gasteiger charge is 2.34. The molecule has 2 rings (SSSR count). The first-order valence-corrected chi connectivity index (χ1v) is 6.55. The Labute approximate surface area is 100 Å². The molecule has 0 saturated carbocycles. The molecule has 2 aliphatic heterocycles. The topological polar surface area (TPSA) is 35.5 Å². The summed E-state index contributed by atoms with van der Waals surface area (Å²) in [6.45, 7) is 9.02. The molecule has 16 heavy (non-hydrogen) atoms. The Kier molecular flexibility index (Phi) is 5.36. The van der Waals surface area contributed by atoms with Crippen LogP contribution in [0.25, 0.3) is 0 Å². The predicted octanol–water partition coefficient (Wildman–Crippen LogP) is 1.71. The van der Waals surface area contributed by atoms with E-state index in [4.69, 9.17) is 0 Å². The molecule has 1 spiro atoms. The van der Waals surface area contributed by atoms with Gasteiger partial charge in [0.05, 0.1) is 0 Å². The maximum Gasteiger partial charge on any atom is 0.376 e. The van der Waals surface area contributed by atoms with Gasteiger partial charge >= 0.3 is 7.05 Å². The highest BCUT2D eigenvalue weighted by Crippen LogP contribution is 2.37. The molecule has 0 aromatic heterocycles. The fraction of sp³-hybridized carbons (Fsp3) is 0.833. The van der Waals surface area contributed by atoms with Crippen molar-refractivity contribution in [2.24, 2.45) is 5.41 Å². The van der Waals surface area contributed by atoms with Gasteiger partial charge in [-0.15, -0.1) is 0 Å². The predicted molar refractivity (Wildman–Crippen MR) is 70.2 cm³/mol. The summed E-state index contributed by atoms with van der Waals surface area (Å²) >= 11 is 0. The minimum atomic E-state index is -0.280. The third-order valence-corrected chi connectivity index (χ3v) is 3.64. The number of piperidine rings is 1. The molecule has 1 fully saturated rings. The van der Waals surface area contributed by atoms with Crippen LogP contribution in [-0.2, 0) is 0 Å². The van der Waals surface area contributed by atoms with Crippen molar-refractivity contribution in [1.82, 2.24) is 10.1 Å². The summed E-state index contributed by atoms with van der Waals surface area (Å²) in [4.78, 5) is 2.15. The molecule has 2 heterocycles. The monoisotopic (exact) mass is 224 g/mol. The van der Waals surface area contributed by atoms with Gasteiger partial charge in [-0.3, -0.25) is 0 Å². The van der Waals surface area contributed by atoms with Crippen molar-refractivity contribution in [1.29, 1.82) is 0 Å². The molecule has 0 radical (unpaired) electrons. The zero-order chi connectivity index (χ0) is 12.0. The first-order valence-electron chi connectivity index (χ1n) is 6.55. The lowest BCUT2D eigenvalue weighted by Gasteiger charge is -2.42. The molecule has 2 N–H and O–H groups in total. The zero-order valence-corrected chi connectivity index (χ0v) is 10.9. The van der Waals surface area contributed by atoms with Gasteiger partial charge in [0, 0.05) is 6.54 Å². The summed E-state index contributed by atoms with van der Waals surface area (Å²) in [5.41, 5.74) is 0.427. The van der Waals surface area contributed by atoms with Gasteiger partial charge < -0.3 is 15.2 Å². The van der Waals surface area contributed by atoms with Gasteiger partial charge in [0.2, 0.25) is 0 Å². The van der Waals surface area contributed by atoms with Crippen molar-refractivity contribution in [2.45, 2.75) is 39.9 Å². The first kappa shape index (κ1) is 13.6. The highest BCUT2D eigenvalue weighted by atomic mass is 16.2. The molecular weight excluding hydrogens is 199 g/mol. The second-order valence-corrected chi connectivity index (χ2v) is 4.57. The number of nitrogens with zero attached hydrogens (tertiary/aromatic N) is 1. The van der Waals surface area contributed by atoms with E-state index < -0.39 is 0 Å². The maximum absolute atomic E-state index is 9.46. The molecule has 0 aromatic rings. The van der Waals surface area contributed by atoms with Gasteiger partial charge in [0.25, 0.3) is 0 Å². The molecule has 1 saturated heterocycles. The molecular formula is C12H25BN2O. The standard InChI is InChI=1S/C10H19BN2O.C2H6/c1-11(14)13-8-4-10(5-9-13)2-6-12-7-3-10;1-2/h2,6,12,14H,3-5,7-9H2,1H3;1-2H3. The van der Waals surface area contributed by atoms with Crippen molar-refractivity contribution >= 4 is 7.05 Å². The van der Waals surface area contributed by atoms with E-state index in [0.29, 0.717) is 5.41 Å². The molecule has 0 aliphatic carbocycles.